The number of morpholine rings is 1. The van der Waals surface area contributed by atoms with Gasteiger partial charge in [0.05, 0.1) is 18.7 Å². The third-order valence-electron chi connectivity index (χ3n) is 6.45. The normalized spacial score (nSPS) is 22.0. The number of hydrogen-bond acceptors (Lipinski definition) is 5. The smallest absolute Gasteiger partial charge is 0.225 e. The Morgan fingerprint density at radius 2 is 1.91 bits per heavy atom. The van der Waals surface area contributed by atoms with Gasteiger partial charge in [-0.3, -0.25) is 14.4 Å². The average Bonchev–Trinajstić information content (AvgIpc) is 3.28. The van der Waals surface area contributed by atoms with Crippen LogP contribution in [0, 0.1) is 0 Å². The van der Waals surface area contributed by atoms with Crippen LogP contribution < -0.4 is 4.74 Å². The summed E-state index contributed by atoms with van der Waals surface area (Å²) in [6.07, 6.45) is 5.52. The molecule has 1 aromatic carbocycles. The van der Waals surface area contributed by atoms with E-state index in [4.69, 9.17) is 21.1 Å². The molecule has 1 atom stereocenters. The molecule has 0 unspecified atom stereocenters. The van der Waals surface area contributed by atoms with Crippen LogP contribution in [0.2, 0.25) is 5.02 Å². The third-order valence-corrected chi connectivity index (χ3v) is 6.70. The van der Waals surface area contributed by atoms with E-state index in [0.717, 1.165) is 44.8 Å². The van der Waals surface area contributed by atoms with Crippen molar-refractivity contribution >= 4 is 17.5 Å². The number of amides is 1. The number of piperidine rings is 1. The van der Waals surface area contributed by atoms with Gasteiger partial charge in [0.1, 0.15) is 18.0 Å². The molecule has 0 saturated carbocycles. The fourth-order valence-electron chi connectivity index (χ4n) is 4.74. The lowest BCUT2D eigenvalue weighted by atomic mass is 9.96. The zero-order valence-corrected chi connectivity index (χ0v) is 20.5. The van der Waals surface area contributed by atoms with E-state index in [-0.39, 0.29) is 5.91 Å². The van der Waals surface area contributed by atoms with E-state index in [0.29, 0.717) is 37.2 Å². The number of ether oxygens (including phenoxy) is 2. The number of carbonyl (C=O) groups excluding carboxylic acids is 1. The zero-order valence-electron chi connectivity index (χ0n) is 19.7. The van der Waals surface area contributed by atoms with Gasteiger partial charge < -0.3 is 14.4 Å². The second-order valence-electron chi connectivity index (χ2n) is 9.46. The molecule has 2 aromatic rings. The van der Waals surface area contributed by atoms with Crippen LogP contribution in [0.15, 0.2) is 36.5 Å². The minimum atomic E-state index is -0.699. The summed E-state index contributed by atoms with van der Waals surface area (Å²) in [7, 11) is 0. The van der Waals surface area contributed by atoms with E-state index in [1.165, 1.54) is 12.1 Å². The first-order chi connectivity index (χ1) is 15.9. The summed E-state index contributed by atoms with van der Waals surface area (Å²) in [4.78, 5) is 17.6. The Morgan fingerprint density at radius 1 is 1.15 bits per heavy atom. The van der Waals surface area contributed by atoms with Crippen LogP contribution in [0.1, 0.15) is 51.3 Å². The molecule has 2 aliphatic rings. The van der Waals surface area contributed by atoms with Crippen LogP contribution in [0.5, 0.6) is 5.75 Å². The molecular formula is C25H35ClN4O3. The van der Waals surface area contributed by atoms with Gasteiger partial charge in [-0.05, 0) is 63.4 Å². The van der Waals surface area contributed by atoms with E-state index >= 15 is 0 Å². The molecule has 3 heterocycles. The van der Waals surface area contributed by atoms with E-state index in [1.54, 1.807) is 0 Å². The van der Waals surface area contributed by atoms with Gasteiger partial charge >= 0.3 is 0 Å². The lowest BCUT2D eigenvalue weighted by Gasteiger charge is -2.43. The van der Waals surface area contributed by atoms with Crippen molar-refractivity contribution in [3.8, 4) is 5.75 Å². The summed E-state index contributed by atoms with van der Waals surface area (Å²) < 4.78 is 14.5. The number of nitrogens with zero attached hydrogens (tertiary/aromatic N) is 4. The molecule has 0 bridgehead atoms. The Labute approximate surface area is 201 Å². The molecule has 1 aromatic heterocycles. The lowest BCUT2D eigenvalue weighted by molar-refractivity contribution is -0.157. The third kappa shape index (κ3) is 6.28. The summed E-state index contributed by atoms with van der Waals surface area (Å²) in [5.41, 5.74) is 0.469. The number of benzene rings is 1. The highest BCUT2D eigenvalue weighted by Crippen LogP contribution is 2.28. The first-order valence-electron chi connectivity index (χ1n) is 12.0. The van der Waals surface area contributed by atoms with Crippen LogP contribution in [0.4, 0.5) is 0 Å². The number of rotatable bonds is 8. The molecule has 1 amide bonds. The highest BCUT2D eigenvalue weighted by Gasteiger charge is 2.41. The molecule has 0 N–H and O–H groups in total. The predicted molar refractivity (Wildman–Crippen MR) is 129 cm³/mol. The van der Waals surface area contributed by atoms with Crippen molar-refractivity contribution in [2.45, 2.75) is 57.7 Å². The SMILES string of the molecule is CC(C)n1nccc1CN1CCO[C@@](COc2ccc(Cl)cc2)(CC(=O)N2CCCCC2)C1. The van der Waals surface area contributed by atoms with Crippen molar-refractivity contribution < 1.29 is 14.3 Å². The number of likely N-dealkylation sites (tertiary alicyclic amines) is 1. The molecule has 2 aliphatic heterocycles. The molecule has 0 spiro atoms. The summed E-state index contributed by atoms with van der Waals surface area (Å²) in [6, 6.07) is 9.69. The molecule has 8 heteroatoms. The standard InChI is InChI=1S/C25H35ClN4O3/c1-20(2)30-22(10-11-27-30)17-28-14-15-33-25(18-28,16-24(31)29-12-4-3-5-13-29)19-32-23-8-6-21(26)7-9-23/h6-11,20H,3-5,12-19H2,1-2H3/t25-/m0/s1. The number of hydrogen-bond donors (Lipinski definition) is 0. The van der Waals surface area contributed by atoms with Crippen LogP contribution in [-0.4, -0.2) is 70.5 Å². The molecule has 33 heavy (non-hydrogen) atoms. The van der Waals surface area contributed by atoms with Crippen molar-refractivity contribution in [1.29, 1.82) is 0 Å². The van der Waals surface area contributed by atoms with Gasteiger partial charge in [0.15, 0.2) is 0 Å². The number of aromatic nitrogens is 2. The van der Waals surface area contributed by atoms with Crippen LogP contribution in [-0.2, 0) is 16.1 Å². The second-order valence-corrected chi connectivity index (χ2v) is 9.90. The Kier molecular flexibility index (Phi) is 7.94. The van der Waals surface area contributed by atoms with E-state index < -0.39 is 5.60 Å². The van der Waals surface area contributed by atoms with Crippen molar-refractivity contribution in [2.75, 3.05) is 39.4 Å². The van der Waals surface area contributed by atoms with E-state index in [1.807, 2.05) is 35.4 Å². The zero-order chi connectivity index (χ0) is 23.3. The highest BCUT2D eigenvalue weighted by atomic mass is 35.5. The number of carbonyl (C=O) groups is 1. The van der Waals surface area contributed by atoms with Crippen molar-refractivity contribution in [1.82, 2.24) is 19.6 Å². The van der Waals surface area contributed by atoms with Gasteiger partial charge in [-0.1, -0.05) is 11.6 Å². The monoisotopic (exact) mass is 474 g/mol. The number of halogens is 1. The van der Waals surface area contributed by atoms with Gasteiger partial charge in [0, 0.05) is 50.0 Å². The van der Waals surface area contributed by atoms with Crippen LogP contribution in [0.3, 0.4) is 0 Å². The van der Waals surface area contributed by atoms with Crippen LogP contribution in [0.25, 0.3) is 0 Å². The fraction of sp³-hybridized carbons (Fsp3) is 0.600. The van der Waals surface area contributed by atoms with Gasteiger partial charge in [-0.25, -0.2) is 0 Å². The maximum atomic E-state index is 13.2. The fourth-order valence-corrected chi connectivity index (χ4v) is 4.87. The van der Waals surface area contributed by atoms with E-state index in [2.05, 4.69) is 34.6 Å². The second kappa shape index (κ2) is 10.9. The molecule has 2 fully saturated rings. The average molecular weight is 475 g/mol. The summed E-state index contributed by atoms with van der Waals surface area (Å²) in [5.74, 6) is 0.881. The Hall–Kier alpha value is -2.09. The van der Waals surface area contributed by atoms with Crippen molar-refractivity contribution in [2.24, 2.45) is 0 Å². The molecular weight excluding hydrogens is 440 g/mol. The Balaban J connectivity index is 1.49. The molecule has 0 aliphatic carbocycles. The van der Waals surface area contributed by atoms with Crippen LogP contribution >= 0.6 is 11.6 Å². The van der Waals surface area contributed by atoms with Crippen molar-refractivity contribution in [3.05, 3.63) is 47.2 Å². The molecule has 4 rings (SSSR count). The maximum absolute atomic E-state index is 13.2. The minimum absolute atomic E-state index is 0.156. The predicted octanol–water partition coefficient (Wildman–Crippen LogP) is 4.17. The molecule has 180 valence electrons. The first kappa shape index (κ1) is 24.0. The Morgan fingerprint density at radius 3 is 2.64 bits per heavy atom. The quantitative estimate of drug-likeness (QED) is 0.574. The van der Waals surface area contributed by atoms with Gasteiger partial charge in [0.25, 0.3) is 0 Å². The molecule has 7 nitrogen and oxygen atoms in total. The Bertz CT molecular complexity index is 911. The minimum Gasteiger partial charge on any atom is -0.491 e. The van der Waals surface area contributed by atoms with E-state index in [9.17, 15) is 4.79 Å². The highest BCUT2D eigenvalue weighted by molar-refractivity contribution is 6.30. The lowest BCUT2D eigenvalue weighted by Crippen LogP contribution is -2.57. The van der Waals surface area contributed by atoms with Gasteiger partial charge in [-0.15, -0.1) is 0 Å². The van der Waals surface area contributed by atoms with Gasteiger partial charge in [-0.2, -0.15) is 5.10 Å². The summed E-state index contributed by atoms with van der Waals surface area (Å²) in [5, 5.41) is 5.14. The molecule has 2 saturated heterocycles. The summed E-state index contributed by atoms with van der Waals surface area (Å²) >= 11 is 6.02. The molecule has 0 radical (unpaired) electrons. The maximum Gasteiger partial charge on any atom is 0.225 e. The first-order valence-corrected chi connectivity index (χ1v) is 12.4. The summed E-state index contributed by atoms with van der Waals surface area (Å²) in [6.45, 7) is 9.03. The van der Waals surface area contributed by atoms with Crippen molar-refractivity contribution in [3.63, 3.8) is 0 Å². The largest absolute Gasteiger partial charge is 0.491 e. The topological polar surface area (TPSA) is 59.8 Å². The van der Waals surface area contributed by atoms with Gasteiger partial charge in [0.2, 0.25) is 5.91 Å².